The minimum atomic E-state index is -0.276. The van der Waals surface area contributed by atoms with Crippen LogP contribution in [0.2, 0.25) is 0 Å². The lowest BCUT2D eigenvalue weighted by molar-refractivity contribution is -0.137. The molecule has 0 rings (SSSR count). The van der Waals surface area contributed by atoms with Crippen LogP contribution in [0.15, 0.2) is 12.2 Å². The van der Waals surface area contributed by atoms with Crippen molar-refractivity contribution in [3.8, 4) is 0 Å². The molecule has 3 heteroatoms. The first kappa shape index (κ1) is 10.5. The van der Waals surface area contributed by atoms with Crippen LogP contribution in [0, 0.1) is 0 Å². The average Bonchev–Trinajstić information content (AvgIpc) is 1.99. The molecule has 0 aromatic heterocycles. The van der Waals surface area contributed by atoms with Gasteiger partial charge in [-0.15, -0.1) is 11.6 Å². The summed E-state index contributed by atoms with van der Waals surface area (Å²) in [6.07, 6.45) is 4.95. The summed E-state index contributed by atoms with van der Waals surface area (Å²) in [5.41, 5.74) is 0. The highest BCUT2D eigenvalue weighted by Gasteiger charge is 1.91. The molecule has 0 atom stereocenters. The standard InChI is InChI=1S/C8H13ClO2/c1-2-11-8(10)6-4-3-5-7-9/h4,6H,2-3,5,7H2,1H3/b6-4+. The van der Waals surface area contributed by atoms with E-state index in [0.717, 1.165) is 12.8 Å². The summed E-state index contributed by atoms with van der Waals surface area (Å²) in [6.45, 7) is 2.21. The van der Waals surface area contributed by atoms with Crippen molar-refractivity contribution in [2.45, 2.75) is 19.8 Å². The lowest BCUT2D eigenvalue weighted by Crippen LogP contribution is -1.98. The highest BCUT2D eigenvalue weighted by molar-refractivity contribution is 6.17. The maximum absolute atomic E-state index is 10.7. The van der Waals surface area contributed by atoms with E-state index in [-0.39, 0.29) is 5.97 Å². The fourth-order valence-corrected chi connectivity index (χ4v) is 0.719. The first-order chi connectivity index (χ1) is 5.31. The Morgan fingerprint density at radius 2 is 2.36 bits per heavy atom. The van der Waals surface area contributed by atoms with Crippen LogP contribution in [0.5, 0.6) is 0 Å². The van der Waals surface area contributed by atoms with Gasteiger partial charge >= 0.3 is 5.97 Å². The van der Waals surface area contributed by atoms with Crippen molar-refractivity contribution in [3.05, 3.63) is 12.2 Å². The molecule has 0 aliphatic heterocycles. The minimum Gasteiger partial charge on any atom is -0.463 e. The Balaban J connectivity index is 3.32. The van der Waals surface area contributed by atoms with Crippen LogP contribution >= 0.6 is 11.6 Å². The topological polar surface area (TPSA) is 26.3 Å². The number of unbranched alkanes of at least 4 members (excludes halogenated alkanes) is 1. The molecule has 0 aliphatic rings. The quantitative estimate of drug-likeness (QED) is 0.278. The Labute approximate surface area is 72.2 Å². The fraction of sp³-hybridized carbons (Fsp3) is 0.625. The van der Waals surface area contributed by atoms with Crippen LogP contribution in [-0.4, -0.2) is 18.5 Å². The van der Waals surface area contributed by atoms with Crippen LogP contribution in [0.25, 0.3) is 0 Å². The number of hydrogen-bond acceptors (Lipinski definition) is 2. The molecule has 0 bridgehead atoms. The molecule has 11 heavy (non-hydrogen) atoms. The second-order valence-electron chi connectivity index (χ2n) is 1.99. The normalized spacial score (nSPS) is 10.4. The van der Waals surface area contributed by atoms with Gasteiger partial charge < -0.3 is 4.74 Å². The first-order valence-electron chi connectivity index (χ1n) is 3.70. The van der Waals surface area contributed by atoms with Crippen LogP contribution < -0.4 is 0 Å². The van der Waals surface area contributed by atoms with E-state index in [1.54, 1.807) is 13.0 Å². The Morgan fingerprint density at radius 1 is 1.64 bits per heavy atom. The number of hydrogen-bond donors (Lipinski definition) is 0. The molecule has 0 fully saturated rings. The smallest absolute Gasteiger partial charge is 0.330 e. The van der Waals surface area contributed by atoms with Crippen molar-refractivity contribution >= 4 is 17.6 Å². The van der Waals surface area contributed by atoms with E-state index in [0.29, 0.717) is 12.5 Å². The van der Waals surface area contributed by atoms with Gasteiger partial charge in [0.05, 0.1) is 6.61 Å². The average molecular weight is 177 g/mol. The number of rotatable bonds is 5. The number of carbonyl (C=O) groups is 1. The molecule has 0 unspecified atom stereocenters. The van der Waals surface area contributed by atoms with Gasteiger partial charge in [0.1, 0.15) is 0 Å². The Kier molecular flexibility index (Phi) is 7.26. The van der Waals surface area contributed by atoms with Crippen molar-refractivity contribution < 1.29 is 9.53 Å². The SMILES string of the molecule is CCOC(=O)/C=C/CCCCl. The monoisotopic (exact) mass is 176 g/mol. The lowest BCUT2D eigenvalue weighted by atomic mass is 10.3. The zero-order valence-electron chi connectivity index (χ0n) is 6.68. The maximum Gasteiger partial charge on any atom is 0.330 e. The molecule has 0 aromatic carbocycles. The van der Waals surface area contributed by atoms with Crippen LogP contribution in [-0.2, 0) is 9.53 Å². The Bertz CT molecular complexity index is 132. The molecule has 0 aromatic rings. The van der Waals surface area contributed by atoms with Gasteiger partial charge in [0.25, 0.3) is 0 Å². The van der Waals surface area contributed by atoms with E-state index >= 15 is 0 Å². The van der Waals surface area contributed by atoms with Gasteiger partial charge in [-0.3, -0.25) is 0 Å². The molecule has 64 valence electrons. The van der Waals surface area contributed by atoms with Crippen molar-refractivity contribution in [3.63, 3.8) is 0 Å². The van der Waals surface area contributed by atoms with Crippen LogP contribution in [0.4, 0.5) is 0 Å². The summed E-state index contributed by atoms with van der Waals surface area (Å²) >= 11 is 5.43. The number of alkyl halides is 1. The molecule has 0 radical (unpaired) electrons. The van der Waals surface area contributed by atoms with E-state index < -0.39 is 0 Å². The van der Waals surface area contributed by atoms with E-state index in [4.69, 9.17) is 11.6 Å². The third kappa shape index (κ3) is 7.40. The predicted molar refractivity (Wildman–Crippen MR) is 45.7 cm³/mol. The number of halogens is 1. The molecule has 2 nitrogen and oxygen atoms in total. The summed E-state index contributed by atoms with van der Waals surface area (Å²) in [5, 5.41) is 0. The fourth-order valence-electron chi connectivity index (χ4n) is 0.565. The molecular formula is C8H13ClO2. The van der Waals surface area contributed by atoms with Crippen molar-refractivity contribution in [1.82, 2.24) is 0 Å². The summed E-state index contributed by atoms with van der Waals surface area (Å²) in [5.74, 6) is 0.356. The Morgan fingerprint density at radius 3 is 2.91 bits per heavy atom. The number of esters is 1. The molecule has 0 N–H and O–H groups in total. The molecule has 0 aliphatic carbocycles. The summed E-state index contributed by atoms with van der Waals surface area (Å²) in [4.78, 5) is 10.7. The second-order valence-corrected chi connectivity index (χ2v) is 2.36. The van der Waals surface area contributed by atoms with Gasteiger partial charge in [0.15, 0.2) is 0 Å². The zero-order chi connectivity index (χ0) is 8.53. The van der Waals surface area contributed by atoms with Gasteiger partial charge in [0, 0.05) is 12.0 Å². The molecule has 0 heterocycles. The van der Waals surface area contributed by atoms with Gasteiger partial charge in [-0.1, -0.05) is 6.08 Å². The van der Waals surface area contributed by atoms with Gasteiger partial charge in [-0.25, -0.2) is 4.79 Å². The zero-order valence-corrected chi connectivity index (χ0v) is 7.43. The van der Waals surface area contributed by atoms with Crippen molar-refractivity contribution in [2.24, 2.45) is 0 Å². The first-order valence-corrected chi connectivity index (χ1v) is 4.24. The lowest BCUT2D eigenvalue weighted by Gasteiger charge is -1.93. The number of carbonyl (C=O) groups excluding carboxylic acids is 1. The Hall–Kier alpha value is -0.500. The van der Waals surface area contributed by atoms with E-state index in [1.807, 2.05) is 0 Å². The molecule has 0 spiro atoms. The van der Waals surface area contributed by atoms with Crippen LogP contribution in [0.3, 0.4) is 0 Å². The van der Waals surface area contributed by atoms with Crippen LogP contribution in [0.1, 0.15) is 19.8 Å². The predicted octanol–water partition coefficient (Wildman–Crippen LogP) is 2.12. The van der Waals surface area contributed by atoms with E-state index in [2.05, 4.69) is 4.74 Å². The summed E-state index contributed by atoms with van der Waals surface area (Å²) in [7, 11) is 0. The van der Waals surface area contributed by atoms with Gasteiger partial charge in [0.2, 0.25) is 0 Å². The molecular weight excluding hydrogens is 164 g/mol. The second kappa shape index (κ2) is 7.61. The minimum absolute atomic E-state index is 0.276. The van der Waals surface area contributed by atoms with Crippen molar-refractivity contribution in [1.29, 1.82) is 0 Å². The number of allylic oxidation sites excluding steroid dienone is 1. The molecule has 0 saturated carbocycles. The highest BCUT2D eigenvalue weighted by Crippen LogP contribution is 1.93. The van der Waals surface area contributed by atoms with Gasteiger partial charge in [-0.05, 0) is 19.8 Å². The molecule has 0 saturated heterocycles. The van der Waals surface area contributed by atoms with Gasteiger partial charge in [-0.2, -0.15) is 0 Å². The largest absolute Gasteiger partial charge is 0.463 e. The van der Waals surface area contributed by atoms with E-state index in [9.17, 15) is 4.79 Å². The summed E-state index contributed by atoms with van der Waals surface area (Å²) in [6, 6.07) is 0. The summed E-state index contributed by atoms with van der Waals surface area (Å²) < 4.78 is 4.66. The number of ether oxygens (including phenoxy) is 1. The highest BCUT2D eigenvalue weighted by atomic mass is 35.5. The van der Waals surface area contributed by atoms with E-state index in [1.165, 1.54) is 6.08 Å². The molecule has 0 amide bonds. The third-order valence-corrected chi connectivity index (χ3v) is 1.31. The maximum atomic E-state index is 10.7. The van der Waals surface area contributed by atoms with Crippen molar-refractivity contribution in [2.75, 3.05) is 12.5 Å². The third-order valence-electron chi connectivity index (χ3n) is 1.04.